The van der Waals surface area contributed by atoms with E-state index < -0.39 is 6.04 Å². The molecule has 0 aliphatic heterocycles. The number of hydrogen-bond donors (Lipinski definition) is 4. The Morgan fingerprint density at radius 3 is 2.61 bits per heavy atom. The van der Waals surface area contributed by atoms with E-state index in [1.807, 2.05) is 25.1 Å². The lowest BCUT2D eigenvalue weighted by molar-refractivity contribution is -0.123. The van der Waals surface area contributed by atoms with Crippen molar-refractivity contribution in [3.63, 3.8) is 0 Å². The van der Waals surface area contributed by atoms with Gasteiger partial charge < -0.3 is 21.7 Å². The van der Waals surface area contributed by atoms with Gasteiger partial charge in [0, 0.05) is 18.2 Å². The van der Waals surface area contributed by atoms with Gasteiger partial charge in [-0.15, -0.1) is 0 Å². The van der Waals surface area contributed by atoms with Crippen LogP contribution in [0.1, 0.15) is 31.7 Å². The molecule has 28 heavy (non-hydrogen) atoms. The fourth-order valence-corrected chi connectivity index (χ4v) is 3.57. The summed E-state index contributed by atoms with van der Waals surface area (Å²) in [6.07, 6.45) is 4.31. The topological polar surface area (TPSA) is 96.2 Å². The average molecular weight is 380 g/mol. The van der Waals surface area contributed by atoms with Gasteiger partial charge in [0.15, 0.2) is 0 Å². The maximum Gasteiger partial charge on any atom is 0.244 e. The molecule has 2 aromatic rings. The summed E-state index contributed by atoms with van der Waals surface area (Å²) >= 11 is 0. The third-order valence-corrected chi connectivity index (χ3v) is 5.19. The Labute approximate surface area is 165 Å². The van der Waals surface area contributed by atoms with Crippen molar-refractivity contribution in [1.29, 1.82) is 0 Å². The van der Waals surface area contributed by atoms with Crippen LogP contribution in [0.5, 0.6) is 0 Å². The minimum atomic E-state index is -0.478. The first kappa shape index (κ1) is 19.9. The molecule has 2 aromatic carbocycles. The van der Waals surface area contributed by atoms with Crippen LogP contribution in [0.3, 0.4) is 0 Å². The number of rotatable bonds is 9. The number of nitrogens with two attached hydrogens (primary N) is 1. The van der Waals surface area contributed by atoms with Crippen molar-refractivity contribution in [2.75, 3.05) is 6.67 Å². The van der Waals surface area contributed by atoms with Gasteiger partial charge in [0.2, 0.25) is 12.3 Å². The van der Waals surface area contributed by atoms with Gasteiger partial charge in [0.1, 0.15) is 6.04 Å². The van der Waals surface area contributed by atoms with Crippen molar-refractivity contribution in [3.05, 3.63) is 59.3 Å². The molecule has 5 N–H and O–H groups in total. The van der Waals surface area contributed by atoms with E-state index >= 15 is 0 Å². The third-order valence-electron chi connectivity index (χ3n) is 5.19. The fraction of sp³-hybridized carbons (Fsp3) is 0.364. The van der Waals surface area contributed by atoms with Crippen LogP contribution >= 0.6 is 0 Å². The SMILES string of the molecule is CC(N)C(N[C@H](Cc1cccc2ccccc12)C(=O)NCNC=O)=C1CCC1. The summed E-state index contributed by atoms with van der Waals surface area (Å²) in [5.41, 5.74) is 9.55. The Kier molecular flexibility index (Phi) is 6.66. The maximum atomic E-state index is 12.9. The maximum absolute atomic E-state index is 12.9. The minimum Gasteiger partial charge on any atom is -0.376 e. The van der Waals surface area contributed by atoms with Crippen molar-refractivity contribution in [2.45, 2.75) is 44.7 Å². The molecule has 1 aliphatic rings. The van der Waals surface area contributed by atoms with E-state index in [0.29, 0.717) is 12.8 Å². The quantitative estimate of drug-likeness (QED) is 0.304. The first-order valence-electron chi connectivity index (χ1n) is 9.75. The fourth-order valence-electron chi connectivity index (χ4n) is 3.57. The number of carbonyl (C=O) groups excluding carboxylic acids is 2. The van der Waals surface area contributed by atoms with Gasteiger partial charge in [-0.2, -0.15) is 0 Å². The van der Waals surface area contributed by atoms with Crippen LogP contribution in [-0.4, -0.2) is 31.1 Å². The van der Waals surface area contributed by atoms with Gasteiger partial charge in [-0.1, -0.05) is 42.5 Å². The van der Waals surface area contributed by atoms with Gasteiger partial charge in [-0.25, -0.2) is 0 Å². The predicted molar refractivity (Wildman–Crippen MR) is 111 cm³/mol. The van der Waals surface area contributed by atoms with Gasteiger partial charge >= 0.3 is 0 Å². The Morgan fingerprint density at radius 1 is 1.18 bits per heavy atom. The third kappa shape index (κ3) is 4.70. The smallest absolute Gasteiger partial charge is 0.244 e. The van der Waals surface area contributed by atoms with Crippen LogP contribution in [0.2, 0.25) is 0 Å². The predicted octanol–water partition coefficient (Wildman–Crippen LogP) is 1.95. The highest BCUT2D eigenvalue weighted by molar-refractivity contribution is 5.87. The molecule has 0 radical (unpaired) electrons. The van der Waals surface area contributed by atoms with E-state index in [9.17, 15) is 9.59 Å². The Morgan fingerprint density at radius 2 is 1.93 bits per heavy atom. The second-order valence-corrected chi connectivity index (χ2v) is 7.24. The summed E-state index contributed by atoms with van der Waals surface area (Å²) in [6, 6.07) is 13.6. The number of carbonyl (C=O) groups is 2. The van der Waals surface area contributed by atoms with Crippen molar-refractivity contribution in [1.82, 2.24) is 16.0 Å². The second-order valence-electron chi connectivity index (χ2n) is 7.24. The zero-order chi connectivity index (χ0) is 19.9. The Bertz CT molecular complexity index is 864. The van der Waals surface area contributed by atoms with Gasteiger partial charge in [-0.05, 0) is 48.1 Å². The first-order valence-corrected chi connectivity index (χ1v) is 9.75. The molecule has 2 atom stereocenters. The number of amides is 2. The van der Waals surface area contributed by atoms with Crippen LogP contribution in [-0.2, 0) is 16.0 Å². The summed E-state index contributed by atoms with van der Waals surface area (Å²) in [7, 11) is 0. The zero-order valence-corrected chi connectivity index (χ0v) is 16.2. The lowest BCUT2D eigenvalue weighted by Crippen LogP contribution is -2.49. The molecule has 6 nitrogen and oxygen atoms in total. The zero-order valence-electron chi connectivity index (χ0n) is 16.2. The first-order chi connectivity index (χ1) is 13.6. The molecule has 1 saturated carbocycles. The summed E-state index contributed by atoms with van der Waals surface area (Å²) in [6.45, 7) is 2.04. The van der Waals surface area contributed by atoms with Gasteiger partial charge in [0.25, 0.3) is 0 Å². The van der Waals surface area contributed by atoms with E-state index in [-0.39, 0.29) is 18.6 Å². The van der Waals surface area contributed by atoms with Crippen molar-refractivity contribution >= 4 is 23.1 Å². The molecule has 0 saturated heterocycles. The number of hydrogen-bond acceptors (Lipinski definition) is 4. The average Bonchev–Trinajstić information content (AvgIpc) is 2.65. The van der Waals surface area contributed by atoms with Gasteiger partial charge in [-0.3, -0.25) is 9.59 Å². The normalized spacial score (nSPS) is 15.3. The molecule has 0 aromatic heterocycles. The van der Waals surface area contributed by atoms with Crippen LogP contribution in [0.15, 0.2) is 53.7 Å². The van der Waals surface area contributed by atoms with Crippen molar-refractivity contribution in [2.24, 2.45) is 5.73 Å². The molecule has 0 spiro atoms. The molecule has 3 rings (SSSR count). The second kappa shape index (κ2) is 9.37. The van der Waals surface area contributed by atoms with Crippen LogP contribution in [0.4, 0.5) is 0 Å². The molecule has 2 amide bonds. The Balaban J connectivity index is 1.86. The van der Waals surface area contributed by atoms with Crippen molar-refractivity contribution < 1.29 is 9.59 Å². The van der Waals surface area contributed by atoms with Crippen LogP contribution in [0, 0.1) is 0 Å². The lowest BCUT2D eigenvalue weighted by Gasteiger charge is -2.29. The largest absolute Gasteiger partial charge is 0.376 e. The molecule has 6 heteroatoms. The van der Waals surface area contributed by atoms with Crippen LogP contribution in [0.25, 0.3) is 10.8 Å². The Hall–Kier alpha value is -2.86. The summed E-state index contributed by atoms with van der Waals surface area (Å²) in [5.74, 6) is -0.166. The highest BCUT2D eigenvalue weighted by Gasteiger charge is 2.25. The molecule has 1 fully saturated rings. The molecule has 1 aliphatic carbocycles. The molecular formula is C22H28N4O2. The lowest BCUT2D eigenvalue weighted by atomic mass is 9.88. The minimum absolute atomic E-state index is 0.0974. The van der Waals surface area contributed by atoms with E-state index in [2.05, 4.69) is 40.2 Å². The molecule has 1 unspecified atom stereocenters. The molecule has 0 heterocycles. The number of fused-ring (bicyclic) bond motifs is 1. The number of benzene rings is 2. The molecule has 148 valence electrons. The number of allylic oxidation sites excluding steroid dienone is 1. The van der Waals surface area contributed by atoms with Crippen molar-refractivity contribution in [3.8, 4) is 0 Å². The van der Waals surface area contributed by atoms with E-state index in [0.717, 1.165) is 41.3 Å². The standard InChI is InChI=1S/C22H28N4O2/c1-15(23)21(17-8-5-9-17)26-20(22(28)25-13-24-14-27)12-18-10-4-7-16-6-2-3-11-19(16)18/h2-4,6-7,10-11,14-15,20,26H,5,8-9,12-13,23H2,1H3,(H,24,27)(H,25,28)/t15?,20-/m1/s1. The highest BCUT2D eigenvalue weighted by atomic mass is 16.2. The van der Waals surface area contributed by atoms with Gasteiger partial charge in [0.05, 0.1) is 6.67 Å². The number of nitrogens with one attached hydrogen (secondary N) is 3. The highest BCUT2D eigenvalue weighted by Crippen LogP contribution is 2.29. The van der Waals surface area contributed by atoms with Crippen LogP contribution < -0.4 is 21.7 Å². The monoisotopic (exact) mass is 380 g/mol. The summed E-state index contributed by atoms with van der Waals surface area (Å²) in [5, 5.41) is 10.9. The summed E-state index contributed by atoms with van der Waals surface area (Å²) < 4.78 is 0. The van der Waals surface area contributed by atoms with E-state index in [4.69, 9.17) is 5.73 Å². The molecular weight excluding hydrogens is 352 g/mol. The van der Waals surface area contributed by atoms with E-state index in [1.165, 1.54) is 5.57 Å². The molecule has 0 bridgehead atoms. The van der Waals surface area contributed by atoms with E-state index in [1.54, 1.807) is 0 Å². The summed E-state index contributed by atoms with van der Waals surface area (Å²) in [4.78, 5) is 23.3.